The second-order valence-corrected chi connectivity index (χ2v) is 4.05. The summed E-state index contributed by atoms with van der Waals surface area (Å²) in [7, 11) is 0. The molecule has 0 aliphatic rings. The molecule has 0 atom stereocenters. The first kappa shape index (κ1) is 18.7. The van der Waals surface area contributed by atoms with Gasteiger partial charge in [-0.25, -0.2) is 4.79 Å². The van der Waals surface area contributed by atoms with Gasteiger partial charge in [-0.05, 0) is 5.92 Å². The maximum absolute atomic E-state index is 10.3. The number of aliphatic hydroxyl groups is 2. The average Bonchev–Trinajstić information content (AvgIpc) is 2.15. The molecule has 0 aromatic heterocycles. The molecule has 0 bridgehead atoms. The molecule has 0 aromatic carbocycles. The fraction of sp³-hybridized carbons (Fsp3) is 0.700. The summed E-state index contributed by atoms with van der Waals surface area (Å²) in [5, 5.41) is 42.0. The minimum atomic E-state index is -2.74. The molecule has 0 radical (unpaired) electrons. The Bertz CT molecular complexity index is 280. The van der Waals surface area contributed by atoms with Crippen molar-refractivity contribution in [2.75, 3.05) is 6.61 Å². The van der Waals surface area contributed by atoms with Crippen molar-refractivity contribution in [1.29, 1.82) is 0 Å². The summed E-state index contributed by atoms with van der Waals surface area (Å²) in [5.41, 5.74) is -2.74. The van der Waals surface area contributed by atoms with E-state index in [0.717, 1.165) is 0 Å². The van der Waals surface area contributed by atoms with E-state index < -0.39 is 36.4 Å². The standard InChI is InChI=1S/C6H8O7.C4H10O/c7-3(8)1-6(13,5(11)12)2-4(9)10;1-4(2)3-5/h13H,1-2H2,(H,7,8)(H,9,10)(H,11,12);4-5H,3H2,1-2H3. The number of carboxylic acid groups (broad SMARTS) is 3. The molecule has 8 heteroatoms. The Morgan fingerprint density at radius 2 is 1.28 bits per heavy atom. The Morgan fingerprint density at radius 1 is 1.00 bits per heavy atom. The fourth-order valence-electron chi connectivity index (χ4n) is 0.714. The third-order valence-corrected chi connectivity index (χ3v) is 1.65. The van der Waals surface area contributed by atoms with E-state index in [0.29, 0.717) is 12.5 Å². The molecular weight excluding hydrogens is 248 g/mol. The van der Waals surface area contributed by atoms with Gasteiger partial charge in [0.2, 0.25) is 0 Å². The van der Waals surface area contributed by atoms with Crippen LogP contribution in [0.3, 0.4) is 0 Å². The molecule has 8 nitrogen and oxygen atoms in total. The first-order chi connectivity index (χ1) is 8.05. The lowest BCUT2D eigenvalue weighted by molar-refractivity contribution is -0.170. The first-order valence-corrected chi connectivity index (χ1v) is 5.05. The molecular formula is C10H18O8. The van der Waals surface area contributed by atoms with Crippen molar-refractivity contribution >= 4 is 17.9 Å². The second-order valence-electron chi connectivity index (χ2n) is 4.05. The van der Waals surface area contributed by atoms with E-state index in [1.54, 1.807) is 0 Å². The van der Waals surface area contributed by atoms with Gasteiger partial charge in [0.05, 0.1) is 12.8 Å². The lowest BCUT2D eigenvalue weighted by Crippen LogP contribution is -2.42. The zero-order valence-corrected chi connectivity index (χ0v) is 10.2. The van der Waals surface area contributed by atoms with Crippen molar-refractivity contribution in [2.45, 2.75) is 32.3 Å². The Morgan fingerprint density at radius 3 is 1.39 bits per heavy atom. The molecule has 0 saturated heterocycles. The van der Waals surface area contributed by atoms with Crippen molar-refractivity contribution in [1.82, 2.24) is 0 Å². The number of hydrogen-bond donors (Lipinski definition) is 5. The molecule has 0 amide bonds. The van der Waals surface area contributed by atoms with Gasteiger partial charge in [0, 0.05) is 6.61 Å². The Labute approximate surface area is 103 Å². The van der Waals surface area contributed by atoms with Crippen LogP contribution in [0.1, 0.15) is 26.7 Å². The molecule has 0 rings (SSSR count). The Balaban J connectivity index is 0. The molecule has 0 aliphatic carbocycles. The topological polar surface area (TPSA) is 152 Å². The molecule has 0 fully saturated rings. The number of aliphatic carboxylic acids is 3. The molecule has 0 aromatic rings. The van der Waals surface area contributed by atoms with Gasteiger partial charge in [0.1, 0.15) is 0 Å². The van der Waals surface area contributed by atoms with Crippen molar-refractivity contribution in [3.8, 4) is 0 Å². The van der Waals surface area contributed by atoms with Crippen LogP contribution in [0.4, 0.5) is 0 Å². The lowest BCUT2D eigenvalue weighted by Gasteiger charge is -2.18. The molecule has 0 spiro atoms. The van der Waals surface area contributed by atoms with E-state index in [9.17, 15) is 14.4 Å². The largest absolute Gasteiger partial charge is 0.481 e. The molecule has 106 valence electrons. The third-order valence-electron chi connectivity index (χ3n) is 1.65. The van der Waals surface area contributed by atoms with E-state index in [-0.39, 0.29) is 0 Å². The van der Waals surface area contributed by atoms with Crippen LogP contribution in [0.5, 0.6) is 0 Å². The van der Waals surface area contributed by atoms with Crippen molar-refractivity contribution in [2.24, 2.45) is 5.92 Å². The zero-order valence-electron chi connectivity index (χ0n) is 10.2. The van der Waals surface area contributed by atoms with E-state index in [1.807, 2.05) is 13.8 Å². The highest BCUT2D eigenvalue weighted by Gasteiger charge is 2.40. The summed E-state index contributed by atoms with van der Waals surface area (Å²) in [6.07, 6.45) is -2.29. The maximum Gasteiger partial charge on any atom is 0.336 e. The number of aliphatic hydroxyl groups excluding tert-OH is 1. The maximum atomic E-state index is 10.3. The van der Waals surface area contributed by atoms with E-state index in [2.05, 4.69) is 0 Å². The van der Waals surface area contributed by atoms with Crippen LogP contribution in [0, 0.1) is 5.92 Å². The van der Waals surface area contributed by atoms with Crippen molar-refractivity contribution < 1.29 is 39.9 Å². The SMILES string of the molecule is CC(C)CO.O=C(O)CC(O)(CC(=O)O)C(=O)O. The molecule has 18 heavy (non-hydrogen) atoms. The number of hydrogen-bond acceptors (Lipinski definition) is 5. The minimum absolute atomic E-state index is 0.306. The van der Waals surface area contributed by atoms with Gasteiger partial charge >= 0.3 is 17.9 Å². The molecule has 0 heterocycles. The van der Waals surface area contributed by atoms with Gasteiger partial charge in [-0.1, -0.05) is 13.8 Å². The minimum Gasteiger partial charge on any atom is -0.481 e. The van der Waals surface area contributed by atoms with Crippen LogP contribution in [-0.4, -0.2) is 55.6 Å². The fourth-order valence-corrected chi connectivity index (χ4v) is 0.714. The van der Waals surface area contributed by atoms with Gasteiger partial charge in [-0.15, -0.1) is 0 Å². The van der Waals surface area contributed by atoms with Gasteiger partial charge in [0.25, 0.3) is 0 Å². The normalized spacial score (nSPS) is 10.5. The predicted molar refractivity (Wildman–Crippen MR) is 59.0 cm³/mol. The van der Waals surface area contributed by atoms with E-state index in [4.69, 9.17) is 25.5 Å². The summed E-state index contributed by atoms with van der Waals surface area (Å²) >= 11 is 0. The van der Waals surface area contributed by atoms with Gasteiger partial charge in [-0.2, -0.15) is 0 Å². The highest BCUT2D eigenvalue weighted by Crippen LogP contribution is 2.15. The first-order valence-electron chi connectivity index (χ1n) is 5.05. The summed E-state index contributed by atoms with van der Waals surface area (Å²) in [6.45, 7) is 4.25. The van der Waals surface area contributed by atoms with Crippen molar-refractivity contribution in [3.63, 3.8) is 0 Å². The lowest BCUT2D eigenvalue weighted by atomic mass is 9.96. The van der Waals surface area contributed by atoms with Gasteiger partial charge in [-0.3, -0.25) is 9.59 Å². The summed E-state index contributed by atoms with van der Waals surface area (Å²) in [5.74, 6) is -4.58. The van der Waals surface area contributed by atoms with Crippen LogP contribution in [0.25, 0.3) is 0 Å². The smallest absolute Gasteiger partial charge is 0.336 e. The van der Waals surface area contributed by atoms with Gasteiger partial charge < -0.3 is 25.5 Å². The van der Waals surface area contributed by atoms with Crippen molar-refractivity contribution in [3.05, 3.63) is 0 Å². The number of carboxylic acids is 3. The summed E-state index contributed by atoms with van der Waals surface area (Å²) < 4.78 is 0. The van der Waals surface area contributed by atoms with E-state index in [1.165, 1.54) is 0 Å². The third kappa shape index (κ3) is 9.55. The monoisotopic (exact) mass is 266 g/mol. The summed E-state index contributed by atoms with van der Waals surface area (Å²) in [6, 6.07) is 0. The van der Waals surface area contributed by atoms with Crippen LogP contribution in [0.15, 0.2) is 0 Å². The molecule has 0 saturated carbocycles. The molecule has 0 aliphatic heterocycles. The van der Waals surface area contributed by atoms with Crippen LogP contribution in [0.2, 0.25) is 0 Å². The highest BCUT2D eigenvalue weighted by atomic mass is 16.4. The summed E-state index contributed by atoms with van der Waals surface area (Å²) in [4.78, 5) is 30.5. The van der Waals surface area contributed by atoms with E-state index >= 15 is 0 Å². The molecule has 0 unspecified atom stereocenters. The van der Waals surface area contributed by atoms with Crippen LogP contribution >= 0.6 is 0 Å². The van der Waals surface area contributed by atoms with Crippen LogP contribution in [-0.2, 0) is 14.4 Å². The quantitative estimate of drug-likeness (QED) is 0.426. The average molecular weight is 266 g/mol. The zero-order chi connectivity index (χ0) is 14.9. The number of rotatable bonds is 6. The molecule has 5 N–H and O–H groups in total. The Hall–Kier alpha value is -1.67. The van der Waals surface area contributed by atoms with Gasteiger partial charge in [0.15, 0.2) is 5.60 Å². The predicted octanol–water partition coefficient (Wildman–Crippen LogP) is -0.614. The second kappa shape index (κ2) is 8.43. The van der Waals surface area contributed by atoms with Crippen LogP contribution < -0.4 is 0 Å². The number of carbonyl (C=O) groups is 3. The highest BCUT2D eigenvalue weighted by molar-refractivity contribution is 5.88. The Kier molecular flexibility index (Phi) is 8.75.